The van der Waals surface area contributed by atoms with Gasteiger partial charge in [0.2, 0.25) is 0 Å². The highest BCUT2D eigenvalue weighted by Crippen LogP contribution is 2.14. The average molecular weight is 194 g/mol. The van der Waals surface area contributed by atoms with Crippen molar-refractivity contribution in [1.29, 1.82) is 0 Å². The molecule has 1 heterocycles. The summed E-state index contributed by atoms with van der Waals surface area (Å²) in [5.41, 5.74) is 4.48. The van der Waals surface area contributed by atoms with Crippen LogP contribution in [0.2, 0.25) is 0 Å². The van der Waals surface area contributed by atoms with E-state index in [0.29, 0.717) is 0 Å². The number of hydrazine groups is 1. The van der Waals surface area contributed by atoms with Gasteiger partial charge >= 0.3 is 0 Å². The third-order valence-electron chi connectivity index (χ3n) is 2.86. The number of rotatable bonds is 2. The lowest BCUT2D eigenvalue weighted by atomic mass is 10.0. The molecule has 0 bridgehead atoms. The van der Waals surface area contributed by atoms with Crippen molar-refractivity contribution in [3.8, 4) is 0 Å². The van der Waals surface area contributed by atoms with E-state index in [-0.39, 0.29) is 5.78 Å². The normalized spacial score (nSPS) is 24.6. The van der Waals surface area contributed by atoms with Crippen molar-refractivity contribution in [3.63, 3.8) is 0 Å². The molecule has 14 heavy (non-hydrogen) atoms. The van der Waals surface area contributed by atoms with Gasteiger partial charge in [0, 0.05) is 31.3 Å². The maximum Gasteiger partial charge on any atom is 0.157 e. The zero-order valence-corrected chi connectivity index (χ0v) is 8.59. The van der Waals surface area contributed by atoms with Crippen LogP contribution in [0.5, 0.6) is 0 Å². The molecular formula is C11H18N2O. The summed E-state index contributed by atoms with van der Waals surface area (Å²) in [6.45, 7) is 2.23. The number of hydrogen-bond donors (Lipinski definition) is 1. The third-order valence-corrected chi connectivity index (χ3v) is 2.86. The van der Waals surface area contributed by atoms with Crippen molar-refractivity contribution in [2.24, 2.45) is 0 Å². The van der Waals surface area contributed by atoms with Crippen LogP contribution in [-0.2, 0) is 4.79 Å². The van der Waals surface area contributed by atoms with E-state index in [4.69, 9.17) is 0 Å². The van der Waals surface area contributed by atoms with E-state index < -0.39 is 0 Å². The number of hydrogen-bond acceptors (Lipinski definition) is 3. The van der Waals surface area contributed by atoms with Crippen molar-refractivity contribution < 1.29 is 4.79 Å². The Kier molecular flexibility index (Phi) is 3.19. The van der Waals surface area contributed by atoms with Crippen molar-refractivity contribution >= 4 is 5.78 Å². The molecule has 0 radical (unpaired) electrons. The minimum atomic E-state index is 0.274. The Morgan fingerprint density at radius 2 is 1.86 bits per heavy atom. The number of allylic oxidation sites excluding steroid dienone is 2. The summed E-state index contributed by atoms with van der Waals surface area (Å²) in [4.78, 5) is 11.2. The predicted molar refractivity (Wildman–Crippen MR) is 55.5 cm³/mol. The maximum atomic E-state index is 11.2. The number of nitrogens with one attached hydrogen (secondary N) is 1. The Hall–Kier alpha value is -0.830. The Labute approximate surface area is 85.1 Å². The Morgan fingerprint density at radius 3 is 2.57 bits per heavy atom. The minimum Gasteiger partial charge on any atom is -0.323 e. The second-order valence-electron chi connectivity index (χ2n) is 4.15. The first-order chi connectivity index (χ1) is 6.84. The monoisotopic (exact) mass is 194 g/mol. The van der Waals surface area contributed by atoms with Crippen LogP contribution < -0.4 is 5.43 Å². The van der Waals surface area contributed by atoms with Crippen LogP contribution >= 0.6 is 0 Å². The fraction of sp³-hybridized carbons (Fsp3) is 0.727. The van der Waals surface area contributed by atoms with Crippen LogP contribution in [0, 0.1) is 0 Å². The van der Waals surface area contributed by atoms with Crippen LogP contribution in [0.15, 0.2) is 11.8 Å². The molecule has 1 N–H and O–H groups in total. The van der Waals surface area contributed by atoms with Gasteiger partial charge in [0.25, 0.3) is 0 Å². The first-order valence-electron chi connectivity index (χ1n) is 5.59. The summed E-state index contributed by atoms with van der Waals surface area (Å²) in [5.74, 6) is 0.274. The quantitative estimate of drug-likeness (QED) is 0.725. The lowest BCUT2D eigenvalue weighted by Gasteiger charge is -2.29. The molecule has 0 aromatic rings. The molecule has 1 fully saturated rings. The van der Waals surface area contributed by atoms with E-state index >= 15 is 0 Å². The smallest absolute Gasteiger partial charge is 0.157 e. The largest absolute Gasteiger partial charge is 0.323 e. The molecule has 78 valence electrons. The molecule has 0 aromatic carbocycles. The highest BCUT2D eigenvalue weighted by Gasteiger charge is 2.14. The first kappa shape index (κ1) is 9.71. The third kappa shape index (κ3) is 2.58. The molecule has 1 aliphatic heterocycles. The van der Waals surface area contributed by atoms with E-state index in [2.05, 4.69) is 10.4 Å². The maximum absolute atomic E-state index is 11.2. The Morgan fingerprint density at radius 1 is 1.07 bits per heavy atom. The number of ketones is 1. The topological polar surface area (TPSA) is 32.3 Å². The van der Waals surface area contributed by atoms with Gasteiger partial charge in [-0.2, -0.15) is 0 Å². The van der Waals surface area contributed by atoms with Crippen molar-refractivity contribution in [1.82, 2.24) is 10.4 Å². The fourth-order valence-electron chi connectivity index (χ4n) is 2.09. The molecule has 0 amide bonds. The van der Waals surface area contributed by atoms with Crippen LogP contribution in [0.4, 0.5) is 0 Å². The van der Waals surface area contributed by atoms with Crippen LogP contribution in [-0.4, -0.2) is 23.9 Å². The number of carbonyl (C=O) groups excluding carboxylic acids is 1. The van der Waals surface area contributed by atoms with Crippen LogP contribution in [0.1, 0.15) is 38.5 Å². The molecule has 0 saturated carbocycles. The molecular weight excluding hydrogens is 176 g/mol. The second kappa shape index (κ2) is 4.60. The van der Waals surface area contributed by atoms with Crippen LogP contribution in [0.25, 0.3) is 0 Å². The summed E-state index contributed by atoms with van der Waals surface area (Å²) < 4.78 is 0. The summed E-state index contributed by atoms with van der Waals surface area (Å²) in [6, 6.07) is 0. The molecule has 0 spiro atoms. The van der Waals surface area contributed by atoms with Crippen LogP contribution in [0.3, 0.4) is 0 Å². The summed E-state index contributed by atoms with van der Waals surface area (Å²) in [5, 5.41) is 2.24. The van der Waals surface area contributed by atoms with Crippen molar-refractivity contribution in [2.75, 3.05) is 13.1 Å². The van der Waals surface area contributed by atoms with Gasteiger partial charge < -0.3 is 5.43 Å². The lowest BCUT2D eigenvalue weighted by molar-refractivity contribution is -0.115. The zero-order chi connectivity index (χ0) is 9.80. The molecule has 0 atom stereocenters. The fourth-order valence-corrected chi connectivity index (χ4v) is 2.09. The number of carbonyl (C=O) groups is 1. The second-order valence-corrected chi connectivity index (χ2v) is 4.15. The van der Waals surface area contributed by atoms with Gasteiger partial charge in [-0.25, -0.2) is 5.01 Å². The molecule has 1 aliphatic carbocycles. The molecule has 0 aromatic heterocycles. The van der Waals surface area contributed by atoms with Gasteiger partial charge in [-0.3, -0.25) is 4.79 Å². The number of piperidine rings is 1. The Bertz CT molecular complexity index is 242. The van der Waals surface area contributed by atoms with Gasteiger partial charge in [0.05, 0.1) is 0 Å². The highest BCUT2D eigenvalue weighted by molar-refractivity contribution is 5.90. The SMILES string of the molecule is O=C1C=C(NN2CCCCC2)CCC1. The summed E-state index contributed by atoms with van der Waals surface area (Å²) >= 11 is 0. The van der Waals surface area contributed by atoms with Gasteiger partial charge in [-0.1, -0.05) is 6.42 Å². The van der Waals surface area contributed by atoms with Gasteiger partial charge in [0.1, 0.15) is 0 Å². The molecule has 2 rings (SSSR count). The predicted octanol–water partition coefficient (Wildman–Crippen LogP) is 1.61. The van der Waals surface area contributed by atoms with Gasteiger partial charge in [0.15, 0.2) is 5.78 Å². The molecule has 0 unspecified atom stereocenters. The van der Waals surface area contributed by atoms with E-state index in [1.165, 1.54) is 19.3 Å². The lowest BCUT2D eigenvalue weighted by Crippen LogP contribution is -2.41. The minimum absolute atomic E-state index is 0.274. The zero-order valence-electron chi connectivity index (χ0n) is 8.59. The number of nitrogens with zero attached hydrogens (tertiary/aromatic N) is 1. The first-order valence-corrected chi connectivity index (χ1v) is 5.59. The molecule has 3 heteroatoms. The molecule has 3 nitrogen and oxygen atoms in total. The summed E-state index contributed by atoms with van der Waals surface area (Å²) in [6.07, 6.45) is 8.43. The van der Waals surface area contributed by atoms with Crippen molar-refractivity contribution in [3.05, 3.63) is 11.8 Å². The van der Waals surface area contributed by atoms with Gasteiger partial charge in [-0.05, 0) is 25.7 Å². The van der Waals surface area contributed by atoms with Crippen molar-refractivity contribution in [2.45, 2.75) is 38.5 Å². The Balaban J connectivity index is 1.86. The van der Waals surface area contributed by atoms with E-state index in [9.17, 15) is 4.79 Å². The standard InChI is InChI=1S/C11H18N2O/c14-11-6-4-5-10(9-11)12-13-7-2-1-3-8-13/h9,12H,1-8H2. The van der Waals surface area contributed by atoms with E-state index in [0.717, 1.165) is 38.0 Å². The molecule has 1 saturated heterocycles. The van der Waals surface area contributed by atoms with E-state index in [1.807, 2.05) is 0 Å². The molecule has 2 aliphatic rings. The highest BCUT2D eigenvalue weighted by atomic mass is 16.1. The van der Waals surface area contributed by atoms with Gasteiger partial charge in [-0.15, -0.1) is 0 Å². The average Bonchev–Trinajstić information content (AvgIpc) is 2.19. The summed E-state index contributed by atoms with van der Waals surface area (Å²) in [7, 11) is 0. The van der Waals surface area contributed by atoms with E-state index in [1.54, 1.807) is 6.08 Å².